The summed E-state index contributed by atoms with van der Waals surface area (Å²) in [4.78, 5) is 9.12. The zero-order valence-corrected chi connectivity index (χ0v) is 14.8. The smallest absolute Gasteiger partial charge is 0.421 e. The van der Waals surface area contributed by atoms with Crippen molar-refractivity contribution in [2.45, 2.75) is 39.3 Å². The minimum atomic E-state index is -4.56. The minimum Gasteiger partial charge on any atom is -0.464 e. The normalized spacial score (nSPS) is 12.8. The maximum Gasteiger partial charge on any atom is 0.421 e. The van der Waals surface area contributed by atoms with Gasteiger partial charge in [-0.3, -0.25) is 0 Å². The van der Waals surface area contributed by atoms with E-state index in [0.29, 0.717) is 5.69 Å². The van der Waals surface area contributed by atoms with Crippen molar-refractivity contribution in [3.63, 3.8) is 0 Å². The van der Waals surface area contributed by atoms with Crippen molar-refractivity contribution in [2.75, 3.05) is 18.6 Å². The van der Waals surface area contributed by atoms with Crippen LogP contribution >= 0.6 is 0 Å². The summed E-state index contributed by atoms with van der Waals surface area (Å²) in [5.74, 6) is -0.0112. The average molecular weight is 353 g/mol. The first-order chi connectivity index (χ1) is 11.8. The van der Waals surface area contributed by atoms with E-state index in [0.717, 1.165) is 18.2 Å². The first-order valence-corrected chi connectivity index (χ1v) is 8.19. The molecule has 0 saturated carbocycles. The molecule has 1 aromatic carbocycles. The number of hydrogen-bond donors (Lipinski definition) is 0. The SMILES string of the molecule is CCOc1ncc(C(F)(F)F)c(N(C)c2ccccc2C(C)CC)n1. The molecule has 7 heteroatoms. The molecule has 0 saturated heterocycles. The summed E-state index contributed by atoms with van der Waals surface area (Å²) < 4.78 is 45.4. The van der Waals surface area contributed by atoms with Crippen LogP contribution in [0, 0.1) is 0 Å². The molecule has 4 nitrogen and oxygen atoms in total. The number of halogens is 3. The Morgan fingerprint density at radius 3 is 2.48 bits per heavy atom. The summed E-state index contributed by atoms with van der Waals surface area (Å²) in [6, 6.07) is 7.34. The van der Waals surface area contributed by atoms with E-state index >= 15 is 0 Å². The minimum absolute atomic E-state index is 0.0710. The first kappa shape index (κ1) is 19.0. The molecular formula is C18H22F3N3O. The molecule has 0 spiro atoms. The Kier molecular flexibility index (Phi) is 5.87. The Morgan fingerprint density at radius 1 is 1.20 bits per heavy atom. The fourth-order valence-electron chi connectivity index (χ4n) is 2.56. The Hall–Kier alpha value is -2.31. The second kappa shape index (κ2) is 7.72. The molecule has 136 valence electrons. The van der Waals surface area contributed by atoms with Crippen molar-refractivity contribution in [3.05, 3.63) is 41.6 Å². The van der Waals surface area contributed by atoms with E-state index in [-0.39, 0.29) is 24.4 Å². The fraction of sp³-hybridized carbons (Fsp3) is 0.444. The molecule has 0 N–H and O–H groups in total. The summed E-state index contributed by atoms with van der Waals surface area (Å²) in [5.41, 5.74) is 0.762. The lowest BCUT2D eigenvalue weighted by atomic mass is 9.96. The van der Waals surface area contributed by atoms with Crippen molar-refractivity contribution in [1.29, 1.82) is 0 Å². The van der Waals surface area contributed by atoms with E-state index in [1.807, 2.05) is 26.0 Å². The van der Waals surface area contributed by atoms with Crippen LogP contribution < -0.4 is 9.64 Å². The molecule has 0 bridgehead atoms. The molecule has 0 fully saturated rings. The van der Waals surface area contributed by atoms with E-state index in [4.69, 9.17) is 4.74 Å². The number of aromatic nitrogens is 2. The molecule has 2 aromatic rings. The molecule has 1 heterocycles. The van der Waals surface area contributed by atoms with Gasteiger partial charge in [0, 0.05) is 18.9 Å². The molecule has 0 amide bonds. The molecular weight excluding hydrogens is 331 g/mol. The lowest BCUT2D eigenvalue weighted by molar-refractivity contribution is -0.137. The van der Waals surface area contributed by atoms with E-state index in [2.05, 4.69) is 9.97 Å². The highest BCUT2D eigenvalue weighted by molar-refractivity contribution is 5.66. The van der Waals surface area contributed by atoms with Gasteiger partial charge in [0.05, 0.1) is 6.61 Å². The highest BCUT2D eigenvalue weighted by atomic mass is 19.4. The van der Waals surface area contributed by atoms with Gasteiger partial charge in [-0.05, 0) is 30.9 Å². The summed E-state index contributed by atoms with van der Waals surface area (Å²) in [6.07, 6.45) is -2.90. The molecule has 0 aliphatic rings. The predicted octanol–water partition coefficient (Wildman–Crippen LogP) is 5.18. The van der Waals surface area contributed by atoms with Gasteiger partial charge in [0.15, 0.2) is 5.82 Å². The van der Waals surface area contributed by atoms with E-state index < -0.39 is 11.7 Å². The van der Waals surface area contributed by atoms with Crippen molar-refractivity contribution < 1.29 is 17.9 Å². The molecule has 25 heavy (non-hydrogen) atoms. The first-order valence-electron chi connectivity index (χ1n) is 8.19. The Bertz CT molecular complexity index is 719. The van der Waals surface area contributed by atoms with Crippen LogP contribution in [0.4, 0.5) is 24.7 Å². The van der Waals surface area contributed by atoms with Gasteiger partial charge in [0.2, 0.25) is 0 Å². The van der Waals surface area contributed by atoms with E-state index in [9.17, 15) is 13.2 Å². The predicted molar refractivity (Wildman–Crippen MR) is 91.4 cm³/mol. The van der Waals surface area contributed by atoms with Crippen LogP contribution in [-0.2, 0) is 6.18 Å². The molecule has 0 aliphatic heterocycles. The van der Waals surface area contributed by atoms with Crippen LogP contribution in [0.15, 0.2) is 30.5 Å². The van der Waals surface area contributed by atoms with Gasteiger partial charge in [-0.1, -0.05) is 32.0 Å². The number of ether oxygens (including phenoxy) is 1. The number of hydrogen-bond acceptors (Lipinski definition) is 4. The number of benzene rings is 1. The molecule has 1 aromatic heterocycles. The number of anilines is 2. The number of para-hydroxylation sites is 1. The van der Waals surface area contributed by atoms with Crippen LogP contribution in [0.3, 0.4) is 0 Å². The lowest BCUT2D eigenvalue weighted by Gasteiger charge is -2.26. The van der Waals surface area contributed by atoms with Crippen LogP contribution in [0.5, 0.6) is 6.01 Å². The van der Waals surface area contributed by atoms with Gasteiger partial charge in [-0.25, -0.2) is 4.98 Å². The highest BCUT2D eigenvalue weighted by Crippen LogP contribution is 2.39. The summed E-state index contributed by atoms with van der Waals surface area (Å²) in [6.45, 7) is 6.09. The third kappa shape index (κ3) is 4.21. The molecule has 1 atom stereocenters. The van der Waals surface area contributed by atoms with Gasteiger partial charge in [-0.15, -0.1) is 0 Å². The largest absolute Gasteiger partial charge is 0.464 e. The lowest BCUT2D eigenvalue weighted by Crippen LogP contribution is -2.20. The van der Waals surface area contributed by atoms with Gasteiger partial charge in [0.1, 0.15) is 5.56 Å². The number of alkyl halides is 3. The molecule has 2 rings (SSSR count). The van der Waals surface area contributed by atoms with Gasteiger partial charge in [0.25, 0.3) is 0 Å². The van der Waals surface area contributed by atoms with Gasteiger partial charge in [-0.2, -0.15) is 18.2 Å². The number of rotatable bonds is 6. The average Bonchev–Trinajstić information content (AvgIpc) is 2.59. The highest BCUT2D eigenvalue weighted by Gasteiger charge is 2.37. The standard InChI is InChI=1S/C18H22F3N3O/c1-5-12(3)13-9-7-8-10-15(13)24(4)16-14(18(19,20)21)11-22-17(23-16)25-6-2/h7-12H,5-6H2,1-4H3. The van der Waals surface area contributed by atoms with Crippen molar-refractivity contribution in [3.8, 4) is 6.01 Å². The third-order valence-electron chi connectivity index (χ3n) is 4.08. The zero-order chi connectivity index (χ0) is 18.6. The topological polar surface area (TPSA) is 38.2 Å². The van der Waals surface area contributed by atoms with E-state index in [1.54, 1.807) is 26.1 Å². The molecule has 0 aliphatic carbocycles. The van der Waals surface area contributed by atoms with E-state index in [1.165, 1.54) is 4.90 Å². The van der Waals surface area contributed by atoms with Crippen LogP contribution in [-0.4, -0.2) is 23.6 Å². The monoisotopic (exact) mass is 353 g/mol. The number of nitrogens with zero attached hydrogens (tertiary/aromatic N) is 3. The third-order valence-corrected chi connectivity index (χ3v) is 4.08. The molecule has 1 unspecified atom stereocenters. The molecule has 0 radical (unpaired) electrons. The fourth-order valence-corrected chi connectivity index (χ4v) is 2.56. The second-order valence-corrected chi connectivity index (χ2v) is 5.75. The quantitative estimate of drug-likeness (QED) is 0.718. The van der Waals surface area contributed by atoms with Crippen molar-refractivity contribution in [1.82, 2.24) is 9.97 Å². The summed E-state index contributed by atoms with van der Waals surface area (Å²) in [5, 5.41) is 0. The van der Waals surface area contributed by atoms with Gasteiger partial charge < -0.3 is 9.64 Å². The Balaban J connectivity index is 2.58. The van der Waals surface area contributed by atoms with Crippen LogP contribution in [0.1, 0.15) is 44.2 Å². The maximum atomic E-state index is 13.4. The Labute approximate surface area is 145 Å². The zero-order valence-electron chi connectivity index (χ0n) is 14.8. The van der Waals surface area contributed by atoms with Crippen LogP contribution in [0.2, 0.25) is 0 Å². The van der Waals surface area contributed by atoms with Gasteiger partial charge >= 0.3 is 12.2 Å². The summed E-state index contributed by atoms with van der Waals surface area (Å²) >= 11 is 0. The summed E-state index contributed by atoms with van der Waals surface area (Å²) in [7, 11) is 1.58. The van der Waals surface area contributed by atoms with Crippen molar-refractivity contribution in [2.24, 2.45) is 0 Å². The maximum absolute atomic E-state index is 13.4. The van der Waals surface area contributed by atoms with Crippen LogP contribution in [0.25, 0.3) is 0 Å². The second-order valence-electron chi connectivity index (χ2n) is 5.75. The van der Waals surface area contributed by atoms with Crippen molar-refractivity contribution >= 4 is 11.5 Å². The Morgan fingerprint density at radius 2 is 1.88 bits per heavy atom.